The highest BCUT2D eigenvalue weighted by atomic mass is 19.1. The normalized spacial score (nSPS) is 11.0. The molecule has 3 heterocycles. The molecule has 1 N–H and O–H groups in total. The van der Waals surface area contributed by atoms with Crippen molar-refractivity contribution >= 4 is 11.5 Å². The number of halogens is 1. The highest BCUT2D eigenvalue weighted by molar-refractivity contribution is 5.64. The Hall–Kier alpha value is -3.15. The van der Waals surface area contributed by atoms with Gasteiger partial charge in [-0.15, -0.1) is 5.10 Å². The molecule has 0 unspecified atom stereocenters. The standard InChI is InChI=1S/C17H13FN4O/c18-14-6-2-1-5-13(14)15-11-20-17-8-7-16(21-22(15)17)19-10-12-4-3-9-23-12/h1-9,11H,10H2,(H,19,21). The van der Waals surface area contributed by atoms with Gasteiger partial charge < -0.3 is 9.73 Å². The van der Waals surface area contributed by atoms with Gasteiger partial charge in [-0.1, -0.05) is 12.1 Å². The fraction of sp³-hybridized carbons (Fsp3) is 0.0588. The summed E-state index contributed by atoms with van der Waals surface area (Å²) in [6.45, 7) is 0.523. The Morgan fingerprint density at radius 2 is 2.00 bits per heavy atom. The van der Waals surface area contributed by atoms with E-state index in [0.29, 0.717) is 29.3 Å². The second-order valence-corrected chi connectivity index (χ2v) is 5.04. The monoisotopic (exact) mass is 308 g/mol. The number of benzene rings is 1. The van der Waals surface area contributed by atoms with E-state index in [2.05, 4.69) is 15.4 Å². The first-order chi connectivity index (χ1) is 11.3. The maximum absolute atomic E-state index is 14.0. The third kappa shape index (κ3) is 2.55. The van der Waals surface area contributed by atoms with Gasteiger partial charge in [0.05, 0.1) is 24.7 Å². The van der Waals surface area contributed by atoms with Crippen molar-refractivity contribution in [1.29, 1.82) is 0 Å². The number of rotatable bonds is 4. The zero-order valence-electron chi connectivity index (χ0n) is 12.1. The van der Waals surface area contributed by atoms with Crippen molar-refractivity contribution < 1.29 is 8.81 Å². The van der Waals surface area contributed by atoms with Crippen molar-refractivity contribution in [3.8, 4) is 11.3 Å². The van der Waals surface area contributed by atoms with Crippen LogP contribution in [0.2, 0.25) is 0 Å². The van der Waals surface area contributed by atoms with Gasteiger partial charge >= 0.3 is 0 Å². The number of nitrogens with zero attached hydrogens (tertiary/aromatic N) is 3. The molecule has 0 saturated carbocycles. The number of hydrogen-bond acceptors (Lipinski definition) is 4. The minimum Gasteiger partial charge on any atom is -0.467 e. The van der Waals surface area contributed by atoms with E-state index in [-0.39, 0.29) is 5.82 Å². The lowest BCUT2D eigenvalue weighted by Gasteiger charge is -2.06. The summed E-state index contributed by atoms with van der Waals surface area (Å²) in [4.78, 5) is 4.27. The van der Waals surface area contributed by atoms with Crippen LogP contribution in [0.5, 0.6) is 0 Å². The summed E-state index contributed by atoms with van der Waals surface area (Å²) in [6, 6.07) is 14.0. The second kappa shape index (κ2) is 5.57. The molecule has 0 spiro atoms. The zero-order valence-corrected chi connectivity index (χ0v) is 12.1. The predicted octanol–water partition coefficient (Wildman–Crippen LogP) is 3.74. The Labute approximate surface area is 131 Å². The molecule has 23 heavy (non-hydrogen) atoms. The number of anilines is 1. The van der Waals surface area contributed by atoms with Crippen molar-refractivity contribution in [2.24, 2.45) is 0 Å². The predicted molar refractivity (Wildman–Crippen MR) is 84.4 cm³/mol. The van der Waals surface area contributed by atoms with E-state index in [0.717, 1.165) is 5.76 Å². The largest absolute Gasteiger partial charge is 0.467 e. The van der Waals surface area contributed by atoms with Gasteiger partial charge in [0.2, 0.25) is 0 Å². The molecule has 4 rings (SSSR count). The van der Waals surface area contributed by atoms with E-state index in [9.17, 15) is 4.39 Å². The smallest absolute Gasteiger partial charge is 0.154 e. The van der Waals surface area contributed by atoms with Gasteiger partial charge in [-0.05, 0) is 36.4 Å². The molecule has 0 fully saturated rings. The molecule has 0 aliphatic carbocycles. The summed E-state index contributed by atoms with van der Waals surface area (Å²) in [5.41, 5.74) is 1.74. The topological polar surface area (TPSA) is 55.4 Å². The van der Waals surface area contributed by atoms with Crippen LogP contribution in [0.4, 0.5) is 10.2 Å². The molecule has 5 nitrogen and oxygen atoms in total. The Balaban J connectivity index is 1.70. The number of aromatic nitrogens is 3. The molecular formula is C17H13FN4O. The maximum atomic E-state index is 14.0. The van der Waals surface area contributed by atoms with Gasteiger partial charge in [0, 0.05) is 5.56 Å². The third-order valence-corrected chi connectivity index (χ3v) is 3.54. The second-order valence-electron chi connectivity index (χ2n) is 5.04. The van der Waals surface area contributed by atoms with Gasteiger partial charge in [-0.3, -0.25) is 0 Å². The number of furan rings is 1. The van der Waals surface area contributed by atoms with Crippen LogP contribution >= 0.6 is 0 Å². The maximum Gasteiger partial charge on any atom is 0.154 e. The van der Waals surface area contributed by atoms with E-state index in [1.807, 2.05) is 24.3 Å². The van der Waals surface area contributed by atoms with Crippen LogP contribution in [0.15, 0.2) is 65.4 Å². The SMILES string of the molecule is Fc1ccccc1-c1cnc2ccc(NCc3ccco3)nn12. The molecule has 3 aromatic heterocycles. The van der Waals surface area contributed by atoms with E-state index < -0.39 is 0 Å². The molecule has 0 aliphatic rings. The molecule has 0 atom stereocenters. The molecule has 1 aromatic carbocycles. The highest BCUT2D eigenvalue weighted by Crippen LogP contribution is 2.23. The van der Waals surface area contributed by atoms with E-state index >= 15 is 0 Å². The van der Waals surface area contributed by atoms with Crippen LogP contribution in [-0.2, 0) is 6.54 Å². The van der Waals surface area contributed by atoms with Crippen LogP contribution in [0.3, 0.4) is 0 Å². The lowest BCUT2D eigenvalue weighted by Crippen LogP contribution is -2.04. The number of imidazole rings is 1. The Morgan fingerprint density at radius 3 is 2.83 bits per heavy atom. The first kappa shape index (κ1) is 13.5. The number of hydrogen-bond donors (Lipinski definition) is 1. The van der Waals surface area contributed by atoms with Crippen molar-refractivity contribution in [3.05, 3.63) is 72.6 Å². The fourth-order valence-electron chi connectivity index (χ4n) is 2.41. The van der Waals surface area contributed by atoms with Crippen molar-refractivity contribution in [3.63, 3.8) is 0 Å². The molecule has 0 amide bonds. The molecule has 0 aliphatic heterocycles. The van der Waals surface area contributed by atoms with Crippen LogP contribution in [-0.4, -0.2) is 14.6 Å². The van der Waals surface area contributed by atoms with Crippen molar-refractivity contribution in [2.45, 2.75) is 6.54 Å². The lowest BCUT2D eigenvalue weighted by molar-refractivity contribution is 0.517. The molecular weight excluding hydrogens is 295 g/mol. The molecule has 4 aromatic rings. The molecule has 0 saturated heterocycles. The summed E-state index contributed by atoms with van der Waals surface area (Å²) >= 11 is 0. The summed E-state index contributed by atoms with van der Waals surface area (Å²) in [5, 5.41) is 7.66. The highest BCUT2D eigenvalue weighted by Gasteiger charge is 2.11. The van der Waals surface area contributed by atoms with Gasteiger partial charge in [0.25, 0.3) is 0 Å². The molecule has 0 bridgehead atoms. The van der Waals surface area contributed by atoms with E-state index in [1.165, 1.54) is 6.07 Å². The van der Waals surface area contributed by atoms with E-state index in [1.54, 1.807) is 35.2 Å². The minimum absolute atomic E-state index is 0.301. The van der Waals surface area contributed by atoms with Crippen molar-refractivity contribution in [1.82, 2.24) is 14.6 Å². The van der Waals surface area contributed by atoms with Crippen molar-refractivity contribution in [2.75, 3.05) is 5.32 Å². The Kier molecular flexibility index (Phi) is 3.27. The van der Waals surface area contributed by atoms with Crippen LogP contribution < -0.4 is 5.32 Å². The molecule has 114 valence electrons. The first-order valence-corrected chi connectivity index (χ1v) is 7.17. The zero-order chi connectivity index (χ0) is 15.6. The Bertz CT molecular complexity index is 946. The quantitative estimate of drug-likeness (QED) is 0.624. The lowest BCUT2D eigenvalue weighted by atomic mass is 10.1. The summed E-state index contributed by atoms with van der Waals surface area (Å²) in [6.07, 6.45) is 3.25. The van der Waals surface area contributed by atoms with Gasteiger partial charge in [-0.2, -0.15) is 0 Å². The molecule has 0 radical (unpaired) electrons. The third-order valence-electron chi connectivity index (χ3n) is 3.54. The van der Waals surface area contributed by atoms with Gasteiger partial charge in [0.15, 0.2) is 5.65 Å². The number of nitrogens with one attached hydrogen (secondary N) is 1. The van der Waals surface area contributed by atoms with Gasteiger partial charge in [-0.25, -0.2) is 13.9 Å². The minimum atomic E-state index is -0.301. The number of fused-ring (bicyclic) bond motifs is 1. The summed E-state index contributed by atoms with van der Waals surface area (Å²) in [7, 11) is 0. The first-order valence-electron chi connectivity index (χ1n) is 7.17. The van der Waals surface area contributed by atoms with Crippen LogP contribution in [0.1, 0.15) is 5.76 Å². The van der Waals surface area contributed by atoms with Crippen LogP contribution in [0.25, 0.3) is 16.9 Å². The average Bonchev–Trinajstić information content (AvgIpc) is 3.23. The summed E-state index contributed by atoms with van der Waals surface area (Å²) < 4.78 is 20.9. The summed E-state index contributed by atoms with van der Waals surface area (Å²) in [5.74, 6) is 1.17. The van der Waals surface area contributed by atoms with E-state index in [4.69, 9.17) is 4.42 Å². The Morgan fingerprint density at radius 1 is 1.09 bits per heavy atom. The van der Waals surface area contributed by atoms with Gasteiger partial charge in [0.1, 0.15) is 17.4 Å². The fourth-order valence-corrected chi connectivity index (χ4v) is 2.41. The molecule has 6 heteroatoms. The van der Waals surface area contributed by atoms with Crippen LogP contribution in [0, 0.1) is 5.82 Å². The average molecular weight is 308 g/mol.